The zero-order chi connectivity index (χ0) is 19.8. The number of para-hydroxylation sites is 1. The molecular weight excluding hydrogens is 342 g/mol. The highest BCUT2D eigenvalue weighted by Gasteiger charge is 2.18. The summed E-state index contributed by atoms with van der Waals surface area (Å²) in [6, 6.07) is 13.1. The summed E-state index contributed by atoms with van der Waals surface area (Å²) < 4.78 is 10.6. The summed E-state index contributed by atoms with van der Waals surface area (Å²) in [4.78, 5) is 24.3. The molecule has 0 aromatic heterocycles. The Hall–Kier alpha value is -3.08. The van der Waals surface area contributed by atoms with Crippen LogP contribution in [0.15, 0.2) is 48.5 Å². The van der Waals surface area contributed by atoms with Crippen molar-refractivity contribution in [3.05, 3.63) is 65.2 Å². The van der Waals surface area contributed by atoms with E-state index in [1.54, 1.807) is 13.0 Å². The van der Waals surface area contributed by atoms with Crippen molar-refractivity contribution in [1.29, 1.82) is 0 Å². The molecule has 27 heavy (non-hydrogen) atoms. The summed E-state index contributed by atoms with van der Waals surface area (Å²) in [5.74, 6) is -0.169. The fourth-order valence-electron chi connectivity index (χ4n) is 2.51. The molecule has 0 radical (unpaired) electrons. The first-order valence-electron chi connectivity index (χ1n) is 8.89. The van der Waals surface area contributed by atoms with Gasteiger partial charge in [0, 0.05) is 11.8 Å². The van der Waals surface area contributed by atoms with Crippen molar-refractivity contribution in [2.24, 2.45) is 0 Å². The Labute approximate surface area is 160 Å². The summed E-state index contributed by atoms with van der Waals surface area (Å²) in [5.41, 5.74) is 3.49. The lowest BCUT2D eigenvalue weighted by atomic mass is 10.1. The first-order valence-corrected chi connectivity index (χ1v) is 8.89. The molecule has 0 saturated carbocycles. The quantitative estimate of drug-likeness (QED) is 0.586. The van der Waals surface area contributed by atoms with Gasteiger partial charge in [0.1, 0.15) is 5.75 Å². The van der Waals surface area contributed by atoms with Gasteiger partial charge in [-0.1, -0.05) is 30.3 Å². The number of hydrogen-bond acceptors (Lipinski definition) is 4. The number of aryl methyl sites for hydroxylation is 2. The molecule has 0 saturated heterocycles. The smallest absolute Gasteiger partial charge is 0.331 e. The number of rotatable bonds is 7. The van der Waals surface area contributed by atoms with E-state index in [9.17, 15) is 9.59 Å². The standard InChI is InChI=1S/C22H25NO4/c1-5-26-19-12-9-18(10-13-19)11-14-20(24)27-17(4)22(25)23-21-15(2)7-6-8-16(21)3/h6-14,17H,5H2,1-4H3,(H,23,25)/b14-11+/t17-/m1/s1. The van der Waals surface area contributed by atoms with Crippen LogP contribution in [0.3, 0.4) is 0 Å². The van der Waals surface area contributed by atoms with Gasteiger partial charge >= 0.3 is 5.97 Å². The van der Waals surface area contributed by atoms with E-state index in [0.29, 0.717) is 6.61 Å². The molecule has 5 heteroatoms. The van der Waals surface area contributed by atoms with Crippen molar-refractivity contribution in [1.82, 2.24) is 0 Å². The molecule has 1 atom stereocenters. The maximum absolute atomic E-state index is 12.3. The molecule has 142 valence electrons. The molecule has 0 fully saturated rings. The van der Waals surface area contributed by atoms with Crippen LogP contribution in [0.25, 0.3) is 6.08 Å². The van der Waals surface area contributed by atoms with E-state index in [1.807, 2.05) is 63.2 Å². The molecule has 1 N–H and O–H groups in total. The first-order chi connectivity index (χ1) is 12.9. The number of carbonyl (C=O) groups excluding carboxylic acids is 2. The number of carbonyl (C=O) groups is 2. The van der Waals surface area contributed by atoms with Gasteiger partial charge in [0.05, 0.1) is 6.61 Å². The summed E-state index contributed by atoms with van der Waals surface area (Å²) in [6.07, 6.45) is 2.04. The third-order valence-corrected chi connectivity index (χ3v) is 3.99. The van der Waals surface area contributed by atoms with Crippen LogP contribution in [0.2, 0.25) is 0 Å². The van der Waals surface area contributed by atoms with Crippen molar-refractivity contribution in [2.75, 3.05) is 11.9 Å². The van der Waals surface area contributed by atoms with Crippen molar-refractivity contribution in [3.8, 4) is 5.75 Å². The van der Waals surface area contributed by atoms with E-state index in [-0.39, 0.29) is 5.91 Å². The molecule has 0 bridgehead atoms. The minimum atomic E-state index is -0.901. The number of hydrogen-bond donors (Lipinski definition) is 1. The molecular formula is C22H25NO4. The van der Waals surface area contributed by atoms with Crippen LogP contribution in [-0.2, 0) is 14.3 Å². The van der Waals surface area contributed by atoms with E-state index < -0.39 is 12.1 Å². The maximum Gasteiger partial charge on any atom is 0.331 e. The van der Waals surface area contributed by atoms with Crippen molar-refractivity contribution >= 4 is 23.6 Å². The lowest BCUT2D eigenvalue weighted by Gasteiger charge is -2.15. The number of ether oxygens (including phenoxy) is 2. The van der Waals surface area contributed by atoms with Gasteiger partial charge in [-0.3, -0.25) is 4.79 Å². The van der Waals surface area contributed by atoms with E-state index in [4.69, 9.17) is 9.47 Å². The average molecular weight is 367 g/mol. The lowest BCUT2D eigenvalue weighted by molar-refractivity contribution is -0.148. The van der Waals surface area contributed by atoms with Crippen molar-refractivity contribution < 1.29 is 19.1 Å². The molecule has 0 aliphatic rings. The molecule has 0 heterocycles. The first kappa shape index (κ1) is 20.2. The van der Waals surface area contributed by atoms with E-state index >= 15 is 0 Å². The average Bonchev–Trinajstić information content (AvgIpc) is 2.64. The molecule has 2 aromatic rings. The second kappa shape index (κ2) is 9.57. The fraction of sp³-hybridized carbons (Fsp3) is 0.273. The van der Waals surface area contributed by atoms with E-state index in [2.05, 4.69) is 5.32 Å². The second-order valence-electron chi connectivity index (χ2n) is 6.17. The zero-order valence-corrected chi connectivity index (χ0v) is 16.1. The van der Waals surface area contributed by atoms with E-state index in [0.717, 1.165) is 28.1 Å². The predicted octanol–water partition coefficient (Wildman–Crippen LogP) is 4.29. The molecule has 2 rings (SSSR count). The van der Waals surface area contributed by atoms with Gasteiger partial charge in [-0.05, 0) is 62.6 Å². The highest BCUT2D eigenvalue weighted by atomic mass is 16.5. The Balaban J connectivity index is 1.91. The molecule has 5 nitrogen and oxygen atoms in total. The van der Waals surface area contributed by atoms with Gasteiger partial charge in [-0.15, -0.1) is 0 Å². The van der Waals surface area contributed by atoms with E-state index in [1.165, 1.54) is 6.08 Å². The van der Waals surface area contributed by atoms with Gasteiger partial charge in [-0.2, -0.15) is 0 Å². The number of esters is 1. The Morgan fingerprint density at radius 1 is 1.07 bits per heavy atom. The zero-order valence-electron chi connectivity index (χ0n) is 16.1. The van der Waals surface area contributed by atoms with Crippen LogP contribution in [0.4, 0.5) is 5.69 Å². The topological polar surface area (TPSA) is 64.6 Å². The second-order valence-corrected chi connectivity index (χ2v) is 6.17. The molecule has 1 amide bonds. The third-order valence-electron chi connectivity index (χ3n) is 3.99. The van der Waals surface area contributed by atoms with Crippen LogP contribution in [0.1, 0.15) is 30.5 Å². The highest BCUT2D eigenvalue weighted by molar-refractivity contribution is 5.97. The summed E-state index contributed by atoms with van der Waals surface area (Å²) in [6.45, 7) is 7.90. The van der Waals surface area contributed by atoms with Crippen LogP contribution < -0.4 is 10.1 Å². The molecule has 0 aliphatic carbocycles. The fourth-order valence-corrected chi connectivity index (χ4v) is 2.51. The van der Waals surface area contributed by atoms with Crippen LogP contribution in [0, 0.1) is 13.8 Å². The minimum Gasteiger partial charge on any atom is -0.494 e. The summed E-state index contributed by atoms with van der Waals surface area (Å²) in [5, 5.41) is 2.82. The highest BCUT2D eigenvalue weighted by Crippen LogP contribution is 2.20. The van der Waals surface area contributed by atoms with Gasteiger partial charge in [0.15, 0.2) is 6.10 Å². The van der Waals surface area contributed by atoms with Crippen LogP contribution in [0.5, 0.6) is 5.75 Å². The predicted molar refractivity (Wildman–Crippen MR) is 107 cm³/mol. The van der Waals surface area contributed by atoms with Gasteiger partial charge in [0.2, 0.25) is 0 Å². The number of amides is 1. The number of benzene rings is 2. The van der Waals surface area contributed by atoms with Crippen molar-refractivity contribution in [2.45, 2.75) is 33.8 Å². The molecule has 0 unspecified atom stereocenters. The molecule has 0 spiro atoms. The van der Waals surface area contributed by atoms with Crippen LogP contribution >= 0.6 is 0 Å². The Morgan fingerprint density at radius 3 is 2.30 bits per heavy atom. The lowest BCUT2D eigenvalue weighted by Crippen LogP contribution is -2.30. The Kier molecular flexibility index (Phi) is 7.17. The largest absolute Gasteiger partial charge is 0.494 e. The third kappa shape index (κ3) is 5.99. The minimum absolute atomic E-state index is 0.366. The van der Waals surface area contributed by atoms with Crippen molar-refractivity contribution in [3.63, 3.8) is 0 Å². The number of anilines is 1. The Morgan fingerprint density at radius 2 is 1.70 bits per heavy atom. The number of nitrogens with one attached hydrogen (secondary N) is 1. The van der Waals surface area contributed by atoms with Gasteiger partial charge in [-0.25, -0.2) is 4.79 Å². The SMILES string of the molecule is CCOc1ccc(/C=C/C(=O)O[C@H](C)C(=O)Nc2c(C)cccc2C)cc1. The Bertz CT molecular complexity index is 804. The van der Waals surface area contributed by atoms with Gasteiger partial charge in [0.25, 0.3) is 5.91 Å². The molecule has 0 aliphatic heterocycles. The monoisotopic (exact) mass is 367 g/mol. The summed E-state index contributed by atoms with van der Waals surface area (Å²) in [7, 11) is 0. The van der Waals surface area contributed by atoms with Crippen LogP contribution in [-0.4, -0.2) is 24.6 Å². The normalized spacial score (nSPS) is 11.9. The molecule has 2 aromatic carbocycles. The van der Waals surface area contributed by atoms with Gasteiger partial charge < -0.3 is 14.8 Å². The summed E-state index contributed by atoms with van der Waals surface area (Å²) >= 11 is 0. The maximum atomic E-state index is 12.3.